The van der Waals surface area contributed by atoms with Crippen LogP contribution in [0.1, 0.15) is 35.1 Å². The molecule has 1 aliphatic heterocycles. The van der Waals surface area contributed by atoms with Gasteiger partial charge in [0.05, 0.1) is 22.7 Å². The second-order valence-electron chi connectivity index (χ2n) is 8.01. The Balaban J connectivity index is 1.21. The van der Waals surface area contributed by atoms with Gasteiger partial charge in [-0.3, -0.25) is 9.69 Å². The molecule has 3 aromatic rings. The largest absolute Gasteiger partial charge is 0.353 e. The smallest absolute Gasteiger partial charge is 0.245 e. The van der Waals surface area contributed by atoms with Crippen LogP contribution in [0.15, 0.2) is 54.7 Å². The van der Waals surface area contributed by atoms with Crippen molar-refractivity contribution < 1.29 is 4.79 Å². The summed E-state index contributed by atoms with van der Waals surface area (Å²) in [5, 5.41) is 22.2. The van der Waals surface area contributed by atoms with Crippen molar-refractivity contribution in [2.24, 2.45) is 0 Å². The Kier molecular flexibility index (Phi) is 6.65. The van der Waals surface area contributed by atoms with Gasteiger partial charge in [0.25, 0.3) is 0 Å². The fourth-order valence-corrected chi connectivity index (χ4v) is 4.17. The minimum absolute atomic E-state index is 0.141. The third-order valence-electron chi connectivity index (χ3n) is 5.87. The molecular weight excluding hydrogens is 398 g/mol. The number of rotatable bonds is 7. The predicted molar refractivity (Wildman–Crippen MR) is 124 cm³/mol. The van der Waals surface area contributed by atoms with E-state index in [1.807, 2.05) is 36.4 Å². The van der Waals surface area contributed by atoms with Gasteiger partial charge in [0.2, 0.25) is 5.91 Å². The molecule has 160 valence electrons. The van der Waals surface area contributed by atoms with Crippen molar-refractivity contribution in [2.75, 3.05) is 19.6 Å². The topological polar surface area (TPSA) is 84.8 Å². The molecule has 4 rings (SSSR count). The van der Waals surface area contributed by atoms with Crippen LogP contribution in [0.2, 0.25) is 0 Å². The number of hydrogen-bond acceptors (Lipinski definition) is 4. The summed E-state index contributed by atoms with van der Waals surface area (Å²) in [6.45, 7) is 3.52. The molecule has 0 unspecified atom stereocenters. The third kappa shape index (κ3) is 4.88. The van der Waals surface area contributed by atoms with Crippen LogP contribution < -0.4 is 5.32 Å². The molecule has 0 saturated carbocycles. The van der Waals surface area contributed by atoms with Gasteiger partial charge < -0.3 is 9.88 Å². The standard InChI is InChI=1S/C26H25N5O/c27-16-20-7-8-21-9-13-30(18-22(21)15-20)12-4-3-11-29-26(32)10-14-31-19-23(17-28)24-5-1-2-6-25(24)31/h1-2,5-8,10,14-15,19H,3-4,9,11-13,18H2,(H,29,32)/b14-10+. The van der Waals surface area contributed by atoms with Gasteiger partial charge in [-0.1, -0.05) is 24.3 Å². The Morgan fingerprint density at radius 3 is 2.81 bits per heavy atom. The molecule has 1 N–H and O–H groups in total. The molecule has 1 amide bonds. The van der Waals surface area contributed by atoms with E-state index in [0.29, 0.717) is 12.1 Å². The zero-order valence-electron chi connectivity index (χ0n) is 17.9. The molecule has 0 fully saturated rings. The van der Waals surface area contributed by atoms with Crippen molar-refractivity contribution in [2.45, 2.75) is 25.8 Å². The summed E-state index contributed by atoms with van der Waals surface area (Å²) in [5.74, 6) is -0.141. The van der Waals surface area contributed by atoms with Crippen molar-refractivity contribution >= 4 is 23.0 Å². The first kappa shape index (κ1) is 21.4. The Hall–Kier alpha value is -3.87. The zero-order chi connectivity index (χ0) is 22.3. The van der Waals surface area contributed by atoms with Crippen LogP contribution in [0, 0.1) is 22.7 Å². The Bertz CT molecular complexity index is 1240. The molecule has 0 aliphatic carbocycles. The Morgan fingerprint density at radius 2 is 1.97 bits per heavy atom. The molecule has 2 heterocycles. The van der Waals surface area contributed by atoms with Crippen LogP contribution in [0.5, 0.6) is 0 Å². The number of para-hydroxylation sites is 1. The molecule has 1 aromatic heterocycles. The summed E-state index contributed by atoms with van der Waals surface area (Å²) >= 11 is 0. The monoisotopic (exact) mass is 423 g/mol. The molecule has 0 radical (unpaired) electrons. The maximum Gasteiger partial charge on any atom is 0.245 e. The number of nitrogens with zero attached hydrogens (tertiary/aromatic N) is 4. The summed E-state index contributed by atoms with van der Waals surface area (Å²) < 4.78 is 1.80. The first-order valence-electron chi connectivity index (χ1n) is 10.9. The van der Waals surface area contributed by atoms with Crippen molar-refractivity contribution in [3.05, 3.63) is 77.0 Å². The number of nitrogens with one attached hydrogen (secondary N) is 1. The molecule has 0 spiro atoms. The molecule has 1 aliphatic rings. The van der Waals surface area contributed by atoms with Gasteiger partial charge in [-0.25, -0.2) is 0 Å². The first-order chi connectivity index (χ1) is 15.7. The SMILES string of the molecule is N#Cc1ccc2c(c1)CN(CCCCNC(=O)/C=C/n1cc(C#N)c3ccccc31)CC2. The lowest BCUT2D eigenvalue weighted by Gasteiger charge is -2.28. The van der Waals surface area contributed by atoms with E-state index < -0.39 is 0 Å². The fourth-order valence-electron chi connectivity index (χ4n) is 4.17. The van der Waals surface area contributed by atoms with E-state index >= 15 is 0 Å². The van der Waals surface area contributed by atoms with Crippen LogP contribution >= 0.6 is 0 Å². The first-order valence-corrected chi connectivity index (χ1v) is 10.9. The summed E-state index contributed by atoms with van der Waals surface area (Å²) in [6, 6.07) is 18.0. The summed E-state index contributed by atoms with van der Waals surface area (Å²) in [7, 11) is 0. The van der Waals surface area contributed by atoms with E-state index in [1.165, 1.54) is 17.2 Å². The van der Waals surface area contributed by atoms with Gasteiger partial charge in [0.1, 0.15) is 6.07 Å². The lowest BCUT2D eigenvalue weighted by molar-refractivity contribution is -0.116. The van der Waals surface area contributed by atoms with Crippen LogP contribution in [0.4, 0.5) is 0 Å². The highest BCUT2D eigenvalue weighted by molar-refractivity contribution is 5.92. The van der Waals surface area contributed by atoms with E-state index in [1.54, 1.807) is 17.0 Å². The molecule has 6 heteroatoms. The summed E-state index contributed by atoms with van der Waals surface area (Å²) in [6.07, 6.45) is 7.87. The van der Waals surface area contributed by atoms with Gasteiger partial charge in [0.15, 0.2) is 0 Å². The third-order valence-corrected chi connectivity index (χ3v) is 5.87. The summed E-state index contributed by atoms with van der Waals surface area (Å²) in [5.41, 5.74) is 4.81. The van der Waals surface area contributed by atoms with Crippen molar-refractivity contribution in [3.63, 3.8) is 0 Å². The van der Waals surface area contributed by atoms with Gasteiger partial charge in [-0.05, 0) is 55.1 Å². The average Bonchev–Trinajstić information content (AvgIpc) is 3.20. The second-order valence-corrected chi connectivity index (χ2v) is 8.01. The van der Waals surface area contributed by atoms with Crippen molar-refractivity contribution in [1.82, 2.24) is 14.8 Å². The predicted octanol–water partition coefficient (Wildman–Crippen LogP) is 3.81. The molecule has 2 aromatic carbocycles. The number of amides is 1. The zero-order valence-corrected chi connectivity index (χ0v) is 17.9. The number of fused-ring (bicyclic) bond motifs is 2. The average molecular weight is 424 g/mol. The molecule has 0 atom stereocenters. The molecule has 0 saturated heterocycles. The van der Waals surface area contributed by atoms with Crippen molar-refractivity contribution in [3.8, 4) is 12.1 Å². The quantitative estimate of drug-likeness (QED) is 0.463. The van der Waals surface area contributed by atoms with Gasteiger partial charge >= 0.3 is 0 Å². The van der Waals surface area contributed by atoms with E-state index in [2.05, 4.69) is 28.4 Å². The number of nitriles is 2. The lowest BCUT2D eigenvalue weighted by atomic mass is 9.97. The maximum atomic E-state index is 12.2. The van der Waals surface area contributed by atoms with Crippen LogP contribution in [-0.4, -0.2) is 35.0 Å². The molecule has 32 heavy (non-hydrogen) atoms. The number of hydrogen-bond donors (Lipinski definition) is 1. The minimum atomic E-state index is -0.141. The number of benzene rings is 2. The van der Waals surface area contributed by atoms with Crippen LogP contribution in [0.25, 0.3) is 17.1 Å². The minimum Gasteiger partial charge on any atom is -0.353 e. The van der Waals surface area contributed by atoms with Gasteiger partial charge in [-0.2, -0.15) is 10.5 Å². The van der Waals surface area contributed by atoms with Crippen LogP contribution in [-0.2, 0) is 17.8 Å². The van der Waals surface area contributed by atoms with E-state index in [4.69, 9.17) is 5.26 Å². The van der Waals surface area contributed by atoms with E-state index in [9.17, 15) is 10.1 Å². The highest BCUT2D eigenvalue weighted by Gasteiger charge is 2.16. The molecule has 0 bridgehead atoms. The summed E-state index contributed by atoms with van der Waals surface area (Å²) in [4.78, 5) is 14.6. The Labute approximate surface area is 188 Å². The number of carbonyl (C=O) groups is 1. The molecule has 6 nitrogen and oxygen atoms in total. The number of carbonyl (C=O) groups excluding carboxylic acids is 1. The highest BCUT2D eigenvalue weighted by atomic mass is 16.1. The maximum absolute atomic E-state index is 12.2. The lowest BCUT2D eigenvalue weighted by Crippen LogP contribution is -2.32. The van der Waals surface area contributed by atoms with Gasteiger partial charge in [-0.15, -0.1) is 0 Å². The Morgan fingerprint density at radius 1 is 1.09 bits per heavy atom. The van der Waals surface area contributed by atoms with E-state index in [-0.39, 0.29) is 5.91 Å². The fraction of sp³-hybridized carbons (Fsp3) is 0.269. The number of aromatic nitrogens is 1. The van der Waals surface area contributed by atoms with E-state index in [0.717, 1.165) is 55.4 Å². The normalized spacial score (nSPS) is 13.6. The number of unbranched alkanes of at least 4 members (excludes halogenated alkanes) is 1. The second kappa shape index (κ2) is 9.96. The van der Waals surface area contributed by atoms with Crippen LogP contribution in [0.3, 0.4) is 0 Å². The molecular formula is C26H25N5O. The highest BCUT2D eigenvalue weighted by Crippen LogP contribution is 2.21. The van der Waals surface area contributed by atoms with Gasteiger partial charge in [0, 0.05) is 43.5 Å². The van der Waals surface area contributed by atoms with Crippen molar-refractivity contribution in [1.29, 1.82) is 10.5 Å².